The fourth-order valence-electron chi connectivity index (χ4n) is 3.35. The van der Waals surface area contributed by atoms with Crippen LogP contribution < -0.4 is 11.1 Å². The van der Waals surface area contributed by atoms with Crippen molar-refractivity contribution < 1.29 is 4.79 Å². The molecule has 0 spiro atoms. The molecule has 7 nitrogen and oxygen atoms in total. The van der Waals surface area contributed by atoms with Crippen molar-refractivity contribution in [2.75, 3.05) is 20.1 Å². The molecule has 7 heteroatoms. The molecule has 0 unspecified atom stereocenters. The van der Waals surface area contributed by atoms with E-state index in [1.165, 1.54) is 0 Å². The maximum Gasteiger partial charge on any atom is 0.219 e. The van der Waals surface area contributed by atoms with Crippen LogP contribution in [-0.2, 0) is 11.8 Å². The van der Waals surface area contributed by atoms with E-state index in [1.54, 1.807) is 11.8 Å². The van der Waals surface area contributed by atoms with Crippen LogP contribution in [0.5, 0.6) is 0 Å². The predicted octanol–water partition coefficient (Wildman–Crippen LogP) is 2.11. The molecule has 142 valence electrons. The number of benzene rings is 1. The summed E-state index contributed by atoms with van der Waals surface area (Å²) in [6.07, 6.45) is 2.76. The number of nitrogens with two attached hydrogens (primary N) is 1. The molecule has 1 aliphatic rings. The maximum absolute atomic E-state index is 11.7. The van der Waals surface area contributed by atoms with E-state index in [-0.39, 0.29) is 5.91 Å². The van der Waals surface area contributed by atoms with Gasteiger partial charge in [-0.2, -0.15) is 5.10 Å². The first kappa shape index (κ1) is 18.7. The molecule has 1 amide bonds. The number of rotatable bonds is 4. The number of aliphatic imine (C=N–C) groups is 1. The third-order valence-electron chi connectivity index (χ3n) is 4.84. The van der Waals surface area contributed by atoms with Crippen molar-refractivity contribution in [2.45, 2.75) is 20.3 Å². The second-order valence-electron chi connectivity index (χ2n) is 6.74. The summed E-state index contributed by atoms with van der Waals surface area (Å²) in [5, 5.41) is 7.57. The van der Waals surface area contributed by atoms with Gasteiger partial charge < -0.3 is 16.0 Å². The zero-order chi connectivity index (χ0) is 19.6. The van der Waals surface area contributed by atoms with E-state index in [2.05, 4.69) is 15.4 Å². The Morgan fingerprint density at radius 1 is 1.30 bits per heavy atom. The van der Waals surface area contributed by atoms with Crippen molar-refractivity contribution >= 4 is 17.4 Å². The van der Waals surface area contributed by atoms with Gasteiger partial charge in [0.15, 0.2) is 0 Å². The largest absolute Gasteiger partial charge is 0.391 e. The maximum atomic E-state index is 11.7. The summed E-state index contributed by atoms with van der Waals surface area (Å²) in [5.41, 5.74) is 12.2. The summed E-state index contributed by atoms with van der Waals surface area (Å²) < 4.78 is 1.81. The number of carbonyl (C=O) groups excluding carboxylic acids is 1. The van der Waals surface area contributed by atoms with Crippen LogP contribution in [0, 0.1) is 6.92 Å². The first-order valence-corrected chi connectivity index (χ1v) is 8.99. The number of nitrogens with one attached hydrogen (secondary N) is 1. The molecule has 1 aromatic carbocycles. The highest BCUT2D eigenvalue weighted by Crippen LogP contribution is 2.25. The number of aryl methyl sites for hydroxylation is 2. The van der Waals surface area contributed by atoms with Gasteiger partial charge in [0.1, 0.15) is 5.84 Å². The van der Waals surface area contributed by atoms with Gasteiger partial charge in [0.25, 0.3) is 0 Å². The lowest BCUT2D eigenvalue weighted by Crippen LogP contribution is -2.40. The van der Waals surface area contributed by atoms with E-state index >= 15 is 0 Å². The first-order chi connectivity index (χ1) is 12.9. The summed E-state index contributed by atoms with van der Waals surface area (Å²) in [7, 11) is 3.79. The Morgan fingerprint density at radius 2 is 2.00 bits per heavy atom. The average Bonchev–Trinajstić information content (AvgIpc) is 2.99. The van der Waals surface area contributed by atoms with E-state index < -0.39 is 0 Å². The summed E-state index contributed by atoms with van der Waals surface area (Å²) in [6.45, 7) is 4.75. The number of amides is 1. The molecule has 1 aliphatic heterocycles. The van der Waals surface area contributed by atoms with Crippen LogP contribution in [0.4, 0.5) is 5.69 Å². The molecule has 1 aromatic heterocycles. The molecule has 2 heterocycles. The van der Waals surface area contributed by atoms with Gasteiger partial charge in [0, 0.05) is 57.0 Å². The van der Waals surface area contributed by atoms with Crippen LogP contribution in [0.25, 0.3) is 11.1 Å². The number of nitrogens with zero attached hydrogens (tertiary/aromatic N) is 4. The minimum absolute atomic E-state index is 0.0478. The normalized spacial score (nSPS) is 15.3. The Hall–Kier alpha value is -3.09. The number of hydrogen-bond donors (Lipinski definition) is 2. The van der Waals surface area contributed by atoms with Crippen molar-refractivity contribution in [1.82, 2.24) is 20.0 Å². The van der Waals surface area contributed by atoms with E-state index in [1.807, 2.05) is 56.2 Å². The fraction of sp³-hybridized carbons (Fsp3) is 0.350. The van der Waals surface area contributed by atoms with Crippen LogP contribution in [0.15, 0.2) is 46.7 Å². The molecule has 0 bridgehead atoms. The predicted molar refractivity (Wildman–Crippen MR) is 108 cm³/mol. The van der Waals surface area contributed by atoms with Gasteiger partial charge in [-0.1, -0.05) is 12.1 Å². The number of aromatic nitrogens is 2. The van der Waals surface area contributed by atoms with E-state index in [0.29, 0.717) is 18.9 Å². The number of carbonyl (C=O) groups is 1. The summed E-state index contributed by atoms with van der Waals surface area (Å²) in [4.78, 5) is 18.1. The molecule has 2 aromatic rings. The smallest absolute Gasteiger partial charge is 0.219 e. The quantitative estimate of drug-likeness (QED) is 0.641. The summed E-state index contributed by atoms with van der Waals surface area (Å²) in [5.74, 6) is 0.488. The van der Waals surface area contributed by atoms with Gasteiger partial charge in [-0.3, -0.25) is 9.48 Å². The third kappa shape index (κ3) is 4.02. The lowest BCUT2D eigenvalue weighted by molar-refractivity contribution is -0.128. The highest BCUT2D eigenvalue weighted by Gasteiger charge is 2.22. The molecule has 0 atom stereocenters. The van der Waals surface area contributed by atoms with Crippen molar-refractivity contribution in [3.8, 4) is 11.1 Å². The minimum Gasteiger partial charge on any atom is -0.391 e. The molecule has 0 radical (unpaired) electrons. The number of hydrogen-bond acceptors (Lipinski definition) is 4. The standard InChI is InChI=1S/C20H26N6O/c1-13-17(11-25(4)24-13)15-5-7-16(8-6-15)23-20(21)18-12-26(14(2)27)10-9-19(18)22-3/h5-8,11,22H,9-10,12H2,1-4H3,(H2,21,23). The Morgan fingerprint density at radius 3 is 2.56 bits per heavy atom. The van der Waals surface area contributed by atoms with Crippen molar-refractivity contribution in [1.29, 1.82) is 0 Å². The summed E-state index contributed by atoms with van der Waals surface area (Å²) >= 11 is 0. The molecular formula is C20H26N6O. The molecule has 0 aliphatic carbocycles. The molecule has 3 rings (SSSR count). The Labute approximate surface area is 159 Å². The van der Waals surface area contributed by atoms with Gasteiger partial charge >= 0.3 is 0 Å². The second-order valence-corrected chi connectivity index (χ2v) is 6.74. The average molecular weight is 366 g/mol. The van der Waals surface area contributed by atoms with Crippen molar-refractivity contribution in [2.24, 2.45) is 17.8 Å². The van der Waals surface area contributed by atoms with Crippen LogP contribution >= 0.6 is 0 Å². The summed E-state index contributed by atoms with van der Waals surface area (Å²) in [6, 6.07) is 7.93. The highest BCUT2D eigenvalue weighted by molar-refractivity contribution is 6.00. The minimum atomic E-state index is 0.0478. The van der Waals surface area contributed by atoms with E-state index in [9.17, 15) is 4.79 Å². The zero-order valence-corrected chi connectivity index (χ0v) is 16.3. The van der Waals surface area contributed by atoms with Gasteiger partial charge in [-0.05, 0) is 24.6 Å². The third-order valence-corrected chi connectivity index (χ3v) is 4.84. The second kappa shape index (κ2) is 7.65. The highest BCUT2D eigenvalue weighted by atomic mass is 16.2. The van der Waals surface area contributed by atoms with Crippen LogP contribution in [-0.4, -0.2) is 46.6 Å². The number of amidine groups is 1. The van der Waals surface area contributed by atoms with Gasteiger partial charge in [-0.25, -0.2) is 4.99 Å². The molecule has 27 heavy (non-hydrogen) atoms. The van der Waals surface area contributed by atoms with E-state index in [4.69, 9.17) is 5.73 Å². The molecule has 3 N–H and O–H groups in total. The van der Waals surface area contributed by atoms with E-state index in [0.717, 1.165) is 40.2 Å². The zero-order valence-electron chi connectivity index (χ0n) is 16.3. The van der Waals surface area contributed by atoms with Gasteiger partial charge in [0.05, 0.1) is 17.9 Å². The van der Waals surface area contributed by atoms with Crippen LogP contribution in [0.2, 0.25) is 0 Å². The SMILES string of the molecule is CNC1=C(C(N)=Nc2ccc(-c3cn(C)nc3C)cc2)CN(C(C)=O)CC1. The first-order valence-electron chi connectivity index (χ1n) is 8.99. The Kier molecular flexibility index (Phi) is 5.30. The molecule has 0 fully saturated rings. The fourth-order valence-corrected chi connectivity index (χ4v) is 3.35. The van der Waals surface area contributed by atoms with Crippen molar-refractivity contribution in [3.63, 3.8) is 0 Å². The van der Waals surface area contributed by atoms with Crippen molar-refractivity contribution in [3.05, 3.63) is 47.4 Å². The monoisotopic (exact) mass is 366 g/mol. The lowest BCUT2D eigenvalue weighted by Gasteiger charge is -2.29. The topological polar surface area (TPSA) is 88.5 Å². The Balaban J connectivity index is 1.86. The Bertz CT molecular complexity index is 907. The molecule has 0 saturated carbocycles. The van der Waals surface area contributed by atoms with Crippen LogP contribution in [0.3, 0.4) is 0 Å². The van der Waals surface area contributed by atoms with Gasteiger partial charge in [0.2, 0.25) is 5.91 Å². The molecular weight excluding hydrogens is 340 g/mol. The lowest BCUT2D eigenvalue weighted by atomic mass is 10.0. The molecule has 0 saturated heterocycles. The van der Waals surface area contributed by atoms with Crippen LogP contribution in [0.1, 0.15) is 19.0 Å². The van der Waals surface area contributed by atoms with Gasteiger partial charge in [-0.15, -0.1) is 0 Å².